The molecule has 1 aromatic rings. The standard InChI is InChI=1S/C11H9BrO/c12-11-7-4-6-10(9-11)5-2-1-3-8-13/h1-9H/b3-1+,5-2+. The van der Waals surface area contributed by atoms with Gasteiger partial charge in [0.25, 0.3) is 0 Å². The molecular weight excluding hydrogens is 228 g/mol. The molecule has 1 nitrogen and oxygen atoms in total. The highest BCUT2D eigenvalue weighted by Crippen LogP contribution is 2.12. The molecule has 0 aliphatic carbocycles. The third-order valence-corrected chi connectivity index (χ3v) is 1.93. The van der Waals surface area contributed by atoms with E-state index in [1.165, 1.54) is 6.08 Å². The highest BCUT2D eigenvalue weighted by Gasteiger charge is 1.86. The molecule has 0 bridgehead atoms. The highest BCUT2D eigenvalue weighted by molar-refractivity contribution is 9.10. The van der Waals surface area contributed by atoms with Gasteiger partial charge in [-0.3, -0.25) is 4.79 Å². The van der Waals surface area contributed by atoms with Crippen LogP contribution in [0.5, 0.6) is 0 Å². The number of benzene rings is 1. The topological polar surface area (TPSA) is 17.1 Å². The average molecular weight is 237 g/mol. The van der Waals surface area contributed by atoms with E-state index in [2.05, 4.69) is 15.9 Å². The van der Waals surface area contributed by atoms with E-state index >= 15 is 0 Å². The third-order valence-electron chi connectivity index (χ3n) is 1.44. The fourth-order valence-electron chi connectivity index (χ4n) is 0.886. The molecule has 0 radical (unpaired) electrons. The number of carbonyl (C=O) groups excluding carboxylic acids is 1. The molecular formula is C11H9BrO. The summed E-state index contributed by atoms with van der Waals surface area (Å²) in [6.07, 6.45) is 7.68. The Labute approximate surface area is 85.9 Å². The number of hydrogen-bond acceptors (Lipinski definition) is 1. The molecule has 0 aromatic heterocycles. The zero-order valence-corrected chi connectivity index (χ0v) is 8.57. The summed E-state index contributed by atoms with van der Waals surface area (Å²) in [5, 5.41) is 0. The minimum Gasteiger partial charge on any atom is -0.299 e. The van der Waals surface area contributed by atoms with E-state index < -0.39 is 0 Å². The number of carbonyl (C=O) groups is 1. The smallest absolute Gasteiger partial charge is 0.142 e. The van der Waals surface area contributed by atoms with Crippen molar-refractivity contribution in [2.75, 3.05) is 0 Å². The van der Waals surface area contributed by atoms with Gasteiger partial charge in [-0.2, -0.15) is 0 Å². The average Bonchev–Trinajstić information content (AvgIpc) is 2.13. The summed E-state index contributed by atoms with van der Waals surface area (Å²) in [5.74, 6) is 0. The van der Waals surface area contributed by atoms with E-state index in [4.69, 9.17) is 0 Å². The molecule has 0 heterocycles. The lowest BCUT2D eigenvalue weighted by Gasteiger charge is -1.92. The Balaban J connectivity index is 2.68. The third kappa shape index (κ3) is 3.85. The lowest BCUT2D eigenvalue weighted by Crippen LogP contribution is -1.70. The van der Waals surface area contributed by atoms with Crippen molar-refractivity contribution in [1.29, 1.82) is 0 Å². The summed E-state index contributed by atoms with van der Waals surface area (Å²) in [6, 6.07) is 7.94. The summed E-state index contributed by atoms with van der Waals surface area (Å²) >= 11 is 3.38. The van der Waals surface area contributed by atoms with Crippen LogP contribution in [0.25, 0.3) is 6.08 Å². The van der Waals surface area contributed by atoms with Crippen LogP contribution in [-0.4, -0.2) is 6.29 Å². The second-order valence-corrected chi connectivity index (χ2v) is 3.35. The molecule has 1 rings (SSSR count). The minimum absolute atomic E-state index is 0.755. The van der Waals surface area contributed by atoms with Crippen molar-refractivity contribution in [3.63, 3.8) is 0 Å². The lowest BCUT2D eigenvalue weighted by atomic mass is 10.2. The van der Waals surface area contributed by atoms with Crippen LogP contribution in [0.3, 0.4) is 0 Å². The molecule has 0 saturated heterocycles. The first-order valence-corrected chi connectivity index (χ1v) is 4.66. The molecule has 0 fully saturated rings. The molecule has 66 valence electrons. The fourth-order valence-corrected chi connectivity index (χ4v) is 1.30. The first-order valence-electron chi connectivity index (χ1n) is 3.87. The summed E-state index contributed by atoms with van der Waals surface area (Å²) in [7, 11) is 0. The van der Waals surface area contributed by atoms with Crippen LogP contribution in [-0.2, 0) is 4.79 Å². The van der Waals surface area contributed by atoms with Crippen LogP contribution in [0.15, 0.2) is 47.0 Å². The Kier molecular flexibility index (Phi) is 4.19. The van der Waals surface area contributed by atoms with Crippen LogP contribution < -0.4 is 0 Å². The van der Waals surface area contributed by atoms with Crippen LogP contribution in [0.1, 0.15) is 5.56 Å². The lowest BCUT2D eigenvalue weighted by molar-refractivity contribution is -0.104. The van der Waals surface area contributed by atoms with Crippen LogP contribution in [0, 0.1) is 0 Å². The van der Waals surface area contributed by atoms with Crippen molar-refractivity contribution in [2.45, 2.75) is 0 Å². The number of allylic oxidation sites excluding steroid dienone is 3. The van der Waals surface area contributed by atoms with Gasteiger partial charge in [0, 0.05) is 4.47 Å². The summed E-state index contributed by atoms with van der Waals surface area (Å²) in [4.78, 5) is 9.94. The van der Waals surface area contributed by atoms with Crippen LogP contribution >= 0.6 is 15.9 Å². The minimum atomic E-state index is 0.755. The fraction of sp³-hybridized carbons (Fsp3) is 0. The maximum absolute atomic E-state index is 9.94. The largest absolute Gasteiger partial charge is 0.299 e. The molecule has 1 aromatic carbocycles. The van der Waals surface area contributed by atoms with E-state index in [1.807, 2.05) is 36.4 Å². The van der Waals surface area contributed by atoms with E-state index in [1.54, 1.807) is 6.08 Å². The van der Waals surface area contributed by atoms with Gasteiger partial charge < -0.3 is 0 Å². The molecule has 0 aliphatic rings. The SMILES string of the molecule is O=C/C=C/C=C/c1cccc(Br)c1. The van der Waals surface area contributed by atoms with E-state index in [0.717, 1.165) is 16.3 Å². The Morgan fingerprint density at radius 1 is 1.15 bits per heavy atom. The maximum Gasteiger partial charge on any atom is 0.142 e. The van der Waals surface area contributed by atoms with Gasteiger partial charge in [0.2, 0.25) is 0 Å². The van der Waals surface area contributed by atoms with Crippen molar-refractivity contribution < 1.29 is 4.79 Å². The second-order valence-electron chi connectivity index (χ2n) is 2.44. The molecule has 0 atom stereocenters. The van der Waals surface area contributed by atoms with Gasteiger partial charge in [0.05, 0.1) is 0 Å². The molecule has 0 saturated carbocycles. The predicted molar refractivity (Wildman–Crippen MR) is 58.4 cm³/mol. The van der Waals surface area contributed by atoms with E-state index in [-0.39, 0.29) is 0 Å². The van der Waals surface area contributed by atoms with Gasteiger partial charge >= 0.3 is 0 Å². The number of rotatable bonds is 3. The molecule has 0 amide bonds. The first kappa shape index (κ1) is 9.93. The second kappa shape index (κ2) is 5.49. The molecule has 2 heteroatoms. The van der Waals surface area contributed by atoms with Crippen LogP contribution in [0.2, 0.25) is 0 Å². The Morgan fingerprint density at radius 3 is 2.69 bits per heavy atom. The van der Waals surface area contributed by atoms with E-state index in [0.29, 0.717) is 0 Å². The molecule has 0 N–H and O–H groups in total. The number of aldehydes is 1. The maximum atomic E-state index is 9.94. The van der Waals surface area contributed by atoms with Crippen molar-refractivity contribution in [3.05, 3.63) is 52.5 Å². The highest BCUT2D eigenvalue weighted by atomic mass is 79.9. The van der Waals surface area contributed by atoms with Crippen LogP contribution in [0.4, 0.5) is 0 Å². The van der Waals surface area contributed by atoms with Gasteiger partial charge in [0.15, 0.2) is 0 Å². The normalized spacial score (nSPS) is 11.2. The summed E-state index contributed by atoms with van der Waals surface area (Å²) < 4.78 is 1.05. The molecule has 0 aliphatic heterocycles. The summed E-state index contributed by atoms with van der Waals surface area (Å²) in [5.41, 5.74) is 1.10. The monoisotopic (exact) mass is 236 g/mol. The molecule has 0 unspecified atom stereocenters. The Hall–Kier alpha value is -1.15. The predicted octanol–water partition coefficient (Wildman–Crippen LogP) is 3.22. The van der Waals surface area contributed by atoms with Crippen molar-refractivity contribution in [2.24, 2.45) is 0 Å². The number of hydrogen-bond donors (Lipinski definition) is 0. The number of halogens is 1. The zero-order valence-electron chi connectivity index (χ0n) is 6.98. The van der Waals surface area contributed by atoms with Gasteiger partial charge in [0.1, 0.15) is 6.29 Å². The Morgan fingerprint density at radius 2 is 2.00 bits per heavy atom. The first-order chi connectivity index (χ1) is 6.33. The van der Waals surface area contributed by atoms with Gasteiger partial charge in [-0.1, -0.05) is 46.3 Å². The van der Waals surface area contributed by atoms with Gasteiger partial charge in [-0.05, 0) is 23.8 Å². The van der Waals surface area contributed by atoms with Gasteiger partial charge in [-0.25, -0.2) is 0 Å². The van der Waals surface area contributed by atoms with Crippen molar-refractivity contribution in [3.8, 4) is 0 Å². The molecule has 0 spiro atoms. The molecule has 13 heavy (non-hydrogen) atoms. The van der Waals surface area contributed by atoms with Crippen molar-refractivity contribution in [1.82, 2.24) is 0 Å². The Bertz CT molecular complexity index is 340. The quantitative estimate of drug-likeness (QED) is 0.448. The zero-order chi connectivity index (χ0) is 9.52. The summed E-state index contributed by atoms with van der Waals surface area (Å²) in [6.45, 7) is 0. The van der Waals surface area contributed by atoms with Crippen molar-refractivity contribution >= 4 is 28.3 Å². The van der Waals surface area contributed by atoms with E-state index in [9.17, 15) is 4.79 Å². The van der Waals surface area contributed by atoms with Gasteiger partial charge in [-0.15, -0.1) is 0 Å².